The van der Waals surface area contributed by atoms with Gasteiger partial charge < -0.3 is 25.3 Å². The first kappa shape index (κ1) is 22.2. The van der Waals surface area contributed by atoms with Crippen molar-refractivity contribution < 1.29 is 14.2 Å². The SMILES string of the molecule is COc1ccc(CN=C(N)NCCOc2ccc(Cl)cc2)cc1OC.I. The molecule has 0 atom stereocenters. The Morgan fingerprint density at radius 2 is 1.77 bits per heavy atom. The largest absolute Gasteiger partial charge is 0.493 e. The molecule has 2 aromatic rings. The minimum atomic E-state index is 0. The predicted octanol–water partition coefficient (Wildman–Crippen LogP) is 3.46. The number of hydrogen-bond acceptors (Lipinski definition) is 4. The van der Waals surface area contributed by atoms with Gasteiger partial charge in [-0.2, -0.15) is 0 Å². The fourth-order valence-corrected chi connectivity index (χ4v) is 2.22. The first-order chi connectivity index (χ1) is 12.1. The van der Waals surface area contributed by atoms with Crippen molar-refractivity contribution in [3.63, 3.8) is 0 Å². The first-order valence-electron chi connectivity index (χ1n) is 7.75. The summed E-state index contributed by atoms with van der Waals surface area (Å²) in [5.74, 6) is 2.46. The lowest BCUT2D eigenvalue weighted by atomic mass is 10.2. The second kappa shape index (κ2) is 11.7. The number of aliphatic imine (C=N–C) groups is 1. The number of hydrogen-bond donors (Lipinski definition) is 2. The number of halogens is 2. The highest BCUT2D eigenvalue weighted by molar-refractivity contribution is 14.0. The lowest BCUT2D eigenvalue weighted by molar-refractivity contribution is 0.322. The molecule has 0 aliphatic carbocycles. The zero-order chi connectivity index (χ0) is 18.1. The number of nitrogens with zero attached hydrogens (tertiary/aromatic N) is 1. The summed E-state index contributed by atoms with van der Waals surface area (Å²) in [5, 5.41) is 3.68. The number of nitrogens with two attached hydrogens (primary N) is 1. The molecule has 0 spiro atoms. The molecule has 0 radical (unpaired) electrons. The van der Waals surface area contributed by atoms with E-state index in [1.54, 1.807) is 26.4 Å². The molecule has 8 heteroatoms. The van der Waals surface area contributed by atoms with E-state index in [0.29, 0.717) is 42.2 Å². The smallest absolute Gasteiger partial charge is 0.189 e. The van der Waals surface area contributed by atoms with Crippen LogP contribution in [0.4, 0.5) is 0 Å². The first-order valence-corrected chi connectivity index (χ1v) is 8.13. The fourth-order valence-electron chi connectivity index (χ4n) is 2.09. The van der Waals surface area contributed by atoms with Crippen LogP contribution in [0.25, 0.3) is 0 Å². The second-order valence-electron chi connectivity index (χ2n) is 5.12. The Balaban J connectivity index is 0.00000338. The molecular formula is C18H23ClIN3O3. The number of methoxy groups -OCH3 is 2. The van der Waals surface area contributed by atoms with E-state index in [1.165, 1.54) is 0 Å². The number of ether oxygens (including phenoxy) is 3. The zero-order valence-electron chi connectivity index (χ0n) is 14.7. The molecular weight excluding hydrogens is 469 g/mol. The minimum absolute atomic E-state index is 0. The summed E-state index contributed by atoms with van der Waals surface area (Å²) in [7, 11) is 3.20. The Morgan fingerprint density at radius 1 is 1.08 bits per heavy atom. The maximum absolute atomic E-state index is 5.86. The summed E-state index contributed by atoms with van der Waals surface area (Å²) < 4.78 is 16.0. The summed E-state index contributed by atoms with van der Waals surface area (Å²) in [6.45, 7) is 1.45. The highest BCUT2D eigenvalue weighted by atomic mass is 127. The maximum atomic E-state index is 5.86. The third-order valence-corrected chi connectivity index (χ3v) is 3.62. The molecule has 3 N–H and O–H groups in total. The number of nitrogens with one attached hydrogen (secondary N) is 1. The van der Waals surface area contributed by atoms with Crippen LogP contribution in [0.1, 0.15) is 5.56 Å². The Morgan fingerprint density at radius 3 is 2.42 bits per heavy atom. The van der Waals surface area contributed by atoms with Gasteiger partial charge in [-0.3, -0.25) is 0 Å². The summed E-state index contributed by atoms with van der Waals surface area (Å²) in [4.78, 5) is 4.30. The van der Waals surface area contributed by atoms with Crippen LogP contribution in [-0.2, 0) is 6.54 Å². The van der Waals surface area contributed by atoms with Gasteiger partial charge in [-0.15, -0.1) is 24.0 Å². The normalized spacial score (nSPS) is 10.7. The van der Waals surface area contributed by atoms with Crippen LogP contribution in [0.3, 0.4) is 0 Å². The molecule has 0 bridgehead atoms. The summed E-state index contributed by atoms with van der Waals surface area (Å²) in [6, 6.07) is 12.8. The van der Waals surface area contributed by atoms with E-state index in [4.69, 9.17) is 31.5 Å². The van der Waals surface area contributed by atoms with Crippen LogP contribution in [0.5, 0.6) is 17.2 Å². The quantitative estimate of drug-likeness (QED) is 0.256. The van der Waals surface area contributed by atoms with Gasteiger partial charge in [0.2, 0.25) is 0 Å². The van der Waals surface area contributed by atoms with E-state index < -0.39 is 0 Å². The van der Waals surface area contributed by atoms with Crippen molar-refractivity contribution in [3.05, 3.63) is 53.1 Å². The molecule has 0 saturated carbocycles. The molecule has 0 saturated heterocycles. The zero-order valence-corrected chi connectivity index (χ0v) is 17.8. The van der Waals surface area contributed by atoms with Gasteiger partial charge in [0.1, 0.15) is 12.4 Å². The summed E-state index contributed by atoms with van der Waals surface area (Å²) in [6.07, 6.45) is 0. The molecule has 0 heterocycles. The molecule has 6 nitrogen and oxygen atoms in total. The van der Waals surface area contributed by atoms with Gasteiger partial charge >= 0.3 is 0 Å². The van der Waals surface area contributed by atoms with E-state index in [9.17, 15) is 0 Å². The number of guanidine groups is 1. The van der Waals surface area contributed by atoms with Gasteiger partial charge in [0.25, 0.3) is 0 Å². The van der Waals surface area contributed by atoms with Gasteiger partial charge in [-0.05, 0) is 42.0 Å². The molecule has 0 unspecified atom stereocenters. The third kappa shape index (κ3) is 7.17. The standard InChI is InChI=1S/C18H22ClN3O3.HI/c1-23-16-8-3-13(11-17(16)24-2)12-22-18(20)21-9-10-25-15-6-4-14(19)5-7-15;/h3-8,11H,9-10,12H2,1-2H3,(H3,20,21,22);1H. The Kier molecular flexibility index (Phi) is 9.97. The van der Waals surface area contributed by atoms with Crippen LogP contribution in [0, 0.1) is 0 Å². The molecule has 0 aromatic heterocycles. The van der Waals surface area contributed by atoms with Crippen molar-refractivity contribution >= 4 is 41.5 Å². The van der Waals surface area contributed by atoms with Gasteiger partial charge in [-0.1, -0.05) is 17.7 Å². The third-order valence-electron chi connectivity index (χ3n) is 3.37. The summed E-state index contributed by atoms with van der Waals surface area (Å²) in [5.41, 5.74) is 6.83. The highest BCUT2D eigenvalue weighted by Gasteiger charge is 2.04. The molecule has 0 amide bonds. The molecule has 2 rings (SSSR count). The van der Waals surface area contributed by atoms with Crippen molar-refractivity contribution in [1.29, 1.82) is 0 Å². The van der Waals surface area contributed by atoms with Crippen molar-refractivity contribution in [3.8, 4) is 17.2 Å². The van der Waals surface area contributed by atoms with Crippen LogP contribution >= 0.6 is 35.6 Å². The Labute approximate surface area is 175 Å². The average Bonchev–Trinajstić information content (AvgIpc) is 2.64. The molecule has 0 aliphatic heterocycles. The molecule has 142 valence electrons. The lowest BCUT2D eigenvalue weighted by Crippen LogP contribution is -2.34. The van der Waals surface area contributed by atoms with E-state index >= 15 is 0 Å². The van der Waals surface area contributed by atoms with Crippen molar-refractivity contribution in [1.82, 2.24) is 5.32 Å². The van der Waals surface area contributed by atoms with E-state index in [0.717, 1.165) is 11.3 Å². The monoisotopic (exact) mass is 491 g/mol. The van der Waals surface area contributed by atoms with E-state index in [2.05, 4.69) is 10.3 Å². The predicted molar refractivity (Wildman–Crippen MR) is 115 cm³/mol. The maximum Gasteiger partial charge on any atom is 0.189 e. The molecule has 26 heavy (non-hydrogen) atoms. The van der Waals surface area contributed by atoms with Gasteiger partial charge in [0, 0.05) is 5.02 Å². The van der Waals surface area contributed by atoms with Crippen LogP contribution < -0.4 is 25.3 Å². The van der Waals surface area contributed by atoms with Crippen molar-refractivity contribution in [2.45, 2.75) is 6.54 Å². The van der Waals surface area contributed by atoms with Crippen LogP contribution in [0.2, 0.25) is 5.02 Å². The number of benzene rings is 2. The molecule has 0 fully saturated rings. The van der Waals surface area contributed by atoms with E-state index in [1.807, 2.05) is 30.3 Å². The van der Waals surface area contributed by atoms with Crippen molar-refractivity contribution in [2.24, 2.45) is 10.7 Å². The van der Waals surface area contributed by atoms with E-state index in [-0.39, 0.29) is 24.0 Å². The highest BCUT2D eigenvalue weighted by Crippen LogP contribution is 2.27. The van der Waals surface area contributed by atoms with Gasteiger partial charge in [0.15, 0.2) is 17.5 Å². The fraction of sp³-hybridized carbons (Fsp3) is 0.278. The minimum Gasteiger partial charge on any atom is -0.493 e. The summed E-state index contributed by atoms with van der Waals surface area (Å²) >= 11 is 5.82. The van der Waals surface area contributed by atoms with Crippen molar-refractivity contribution in [2.75, 3.05) is 27.4 Å². The van der Waals surface area contributed by atoms with Crippen LogP contribution in [-0.4, -0.2) is 33.3 Å². The second-order valence-corrected chi connectivity index (χ2v) is 5.56. The lowest BCUT2D eigenvalue weighted by Gasteiger charge is -2.10. The number of rotatable bonds is 8. The molecule has 2 aromatic carbocycles. The Hall–Kier alpha value is -1.87. The topological polar surface area (TPSA) is 78.1 Å². The Bertz CT molecular complexity index is 711. The van der Waals surface area contributed by atoms with Gasteiger partial charge in [0.05, 0.1) is 27.3 Å². The van der Waals surface area contributed by atoms with Crippen LogP contribution in [0.15, 0.2) is 47.5 Å². The average molecular weight is 492 g/mol. The molecule has 0 aliphatic rings. The van der Waals surface area contributed by atoms with Gasteiger partial charge in [-0.25, -0.2) is 4.99 Å².